The number of carbonyl (C=O) groups excluding carboxylic acids is 3. The SMILES string of the molecule is CCCC(=O)NCc1c(C)c2cc3c(CNC(=O)CCCC(=O)NCCCCc4ccnc(-c5cc(C)ccn5)c4)c(C)oc3c(C)c2oc1=O.[Ru].c1ccc(-c2ccccn2)nc1.c1ccc(-c2ccccn2)nc1. The van der Waals surface area contributed by atoms with Gasteiger partial charge >= 0.3 is 5.63 Å². The van der Waals surface area contributed by atoms with Crippen LogP contribution in [0, 0.1) is 27.7 Å². The first-order chi connectivity index (χ1) is 36.5. The molecule has 0 aliphatic carbocycles. The summed E-state index contributed by atoms with van der Waals surface area (Å²) in [5.74, 6) is 0.318. The first kappa shape index (κ1) is 57.2. The monoisotopic (exact) mass is 1110 g/mol. The Bertz CT molecular complexity index is 3230. The average Bonchev–Trinajstić information content (AvgIpc) is 3.77. The molecule has 8 aromatic heterocycles. The van der Waals surface area contributed by atoms with Crippen LogP contribution in [0.25, 0.3) is 56.1 Å². The summed E-state index contributed by atoms with van der Waals surface area (Å²) in [4.78, 5) is 75.7. The third-order valence-electron chi connectivity index (χ3n) is 12.4. The van der Waals surface area contributed by atoms with Crippen LogP contribution in [0.15, 0.2) is 154 Å². The fourth-order valence-corrected chi connectivity index (χ4v) is 8.31. The summed E-state index contributed by atoms with van der Waals surface area (Å²) in [6, 6.07) is 33.2. The summed E-state index contributed by atoms with van der Waals surface area (Å²) in [6.07, 6.45) is 15.4. The van der Waals surface area contributed by atoms with Crippen LogP contribution < -0.4 is 21.6 Å². The van der Waals surface area contributed by atoms with Gasteiger partial charge in [0.05, 0.1) is 46.3 Å². The zero-order chi connectivity index (χ0) is 52.9. The number of furan rings is 1. The van der Waals surface area contributed by atoms with Crippen LogP contribution in [0.3, 0.4) is 0 Å². The molecule has 0 fully saturated rings. The van der Waals surface area contributed by atoms with Crippen molar-refractivity contribution in [1.29, 1.82) is 0 Å². The van der Waals surface area contributed by atoms with E-state index in [2.05, 4.69) is 51.9 Å². The molecule has 0 bridgehead atoms. The molecule has 392 valence electrons. The van der Waals surface area contributed by atoms with Crippen molar-refractivity contribution < 1.29 is 42.7 Å². The molecule has 8 heterocycles. The van der Waals surface area contributed by atoms with Gasteiger partial charge in [0.1, 0.15) is 16.9 Å². The van der Waals surface area contributed by atoms with Gasteiger partial charge in [0.2, 0.25) is 17.7 Å². The molecule has 0 unspecified atom stereocenters. The molecule has 0 saturated carbocycles. The number of pyridine rings is 6. The Labute approximate surface area is 455 Å². The number of amides is 3. The molecular formula is C60H63N9O6Ru. The molecule has 9 aromatic rings. The predicted octanol–water partition coefficient (Wildman–Crippen LogP) is 10.9. The molecule has 0 radical (unpaired) electrons. The zero-order valence-corrected chi connectivity index (χ0v) is 45.3. The van der Waals surface area contributed by atoms with Crippen molar-refractivity contribution in [3.63, 3.8) is 0 Å². The fraction of sp³-hybridized carbons (Fsp3) is 0.267. The van der Waals surface area contributed by atoms with Gasteiger partial charge in [-0.15, -0.1) is 0 Å². The Morgan fingerprint density at radius 3 is 1.53 bits per heavy atom. The number of unbranched alkanes of at least 4 members (excludes halogenated alkanes) is 1. The Hall–Kier alpha value is -8.10. The van der Waals surface area contributed by atoms with Crippen LogP contribution in [0.5, 0.6) is 0 Å². The maximum Gasteiger partial charge on any atom is 0.341 e. The number of nitrogens with zero attached hydrogens (tertiary/aromatic N) is 6. The summed E-state index contributed by atoms with van der Waals surface area (Å²) in [5, 5.41) is 10.3. The molecule has 0 saturated heterocycles. The minimum atomic E-state index is -0.490. The van der Waals surface area contributed by atoms with Crippen molar-refractivity contribution in [3.8, 4) is 34.2 Å². The number of rotatable bonds is 18. The first-order valence-corrected chi connectivity index (χ1v) is 25.3. The average molecular weight is 1110 g/mol. The molecule has 76 heavy (non-hydrogen) atoms. The summed E-state index contributed by atoms with van der Waals surface area (Å²) in [7, 11) is 0. The van der Waals surface area contributed by atoms with Crippen molar-refractivity contribution in [2.75, 3.05) is 6.54 Å². The van der Waals surface area contributed by atoms with Gasteiger partial charge < -0.3 is 24.8 Å². The molecule has 16 heteroatoms. The Morgan fingerprint density at radius 2 is 0.987 bits per heavy atom. The number of aromatic nitrogens is 6. The zero-order valence-electron chi connectivity index (χ0n) is 43.5. The van der Waals surface area contributed by atoms with E-state index in [-0.39, 0.29) is 63.1 Å². The third kappa shape index (κ3) is 16.2. The molecule has 0 spiro atoms. The Kier molecular flexibility index (Phi) is 21.9. The van der Waals surface area contributed by atoms with Crippen LogP contribution in [-0.4, -0.2) is 54.2 Å². The van der Waals surface area contributed by atoms with Crippen molar-refractivity contribution in [1.82, 2.24) is 45.9 Å². The van der Waals surface area contributed by atoms with E-state index in [1.165, 1.54) is 5.56 Å². The molecule has 15 nitrogen and oxygen atoms in total. The first-order valence-electron chi connectivity index (χ1n) is 25.3. The van der Waals surface area contributed by atoms with Crippen molar-refractivity contribution in [3.05, 3.63) is 190 Å². The topological polar surface area (TPSA) is 208 Å². The van der Waals surface area contributed by atoms with E-state index in [0.29, 0.717) is 53.9 Å². The van der Waals surface area contributed by atoms with Crippen LogP contribution >= 0.6 is 0 Å². The van der Waals surface area contributed by atoms with Crippen LogP contribution in [0.2, 0.25) is 0 Å². The molecular weight excluding hydrogens is 1040 g/mol. The van der Waals surface area contributed by atoms with Crippen molar-refractivity contribution in [2.24, 2.45) is 0 Å². The number of hydrogen-bond donors (Lipinski definition) is 3. The maximum atomic E-state index is 12.8. The summed E-state index contributed by atoms with van der Waals surface area (Å²) >= 11 is 0. The number of benzene rings is 1. The van der Waals surface area contributed by atoms with E-state index in [9.17, 15) is 19.2 Å². The minimum Gasteiger partial charge on any atom is -0.461 e. The Balaban J connectivity index is 0.000000302. The third-order valence-corrected chi connectivity index (χ3v) is 12.4. The number of hydrogen-bond acceptors (Lipinski definition) is 12. The Morgan fingerprint density at radius 1 is 0.487 bits per heavy atom. The van der Waals surface area contributed by atoms with E-state index in [1.54, 1.807) is 31.0 Å². The number of aryl methyl sites for hydroxylation is 5. The van der Waals surface area contributed by atoms with Gasteiger partial charge in [0, 0.05) is 111 Å². The number of carbonyl (C=O) groups is 3. The quantitative estimate of drug-likeness (QED) is 0.0417. The fourth-order valence-electron chi connectivity index (χ4n) is 8.31. The molecule has 3 N–H and O–H groups in total. The van der Waals surface area contributed by atoms with Gasteiger partial charge in [-0.2, -0.15) is 0 Å². The summed E-state index contributed by atoms with van der Waals surface area (Å²) < 4.78 is 11.8. The standard InChI is InChI=1S/C40H47N5O6.2C10H8N2.Ru/c1-6-10-35(46)44-22-31-25(3)29-21-30-32(27(5)50-39(30)26(4)38(29)51-40(31)49)23-45-37(48)13-9-12-36(47)43-16-8-7-11-28-15-18-42-34(20-28)33-19-24(2)14-17-41-33;2*1-3-7-11-9(5-1)10-6-2-4-8-12-10;/h14-15,17-21H,6-13,16,22-23H2,1-5H3,(H,43,47)(H,44,46)(H,45,48);2*1-8H;. The number of fused-ring (bicyclic) bond motifs is 2. The van der Waals surface area contributed by atoms with Gasteiger partial charge in [-0.05, 0) is 155 Å². The van der Waals surface area contributed by atoms with Gasteiger partial charge in [0.25, 0.3) is 0 Å². The van der Waals surface area contributed by atoms with E-state index in [4.69, 9.17) is 8.83 Å². The maximum absolute atomic E-state index is 12.8. The second-order valence-corrected chi connectivity index (χ2v) is 18.0. The second kappa shape index (κ2) is 29.1. The molecule has 0 aliphatic rings. The van der Waals surface area contributed by atoms with Gasteiger partial charge in [-0.1, -0.05) is 31.2 Å². The molecule has 9 rings (SSSR count). The van der Waals surface area contributed by atoms with Crippen LogP contribution in [-0.2, 0) is 53.4 Å². The molecule has 0 atom stereocenters. The smallest absolute Gasteiger partial charge is 0.341 e. The van der Waals surface area contributed by atoms with Crippen LogP contribution in [0.1, 0.15) is 91.0 Å². The van der Waals surface area contributed by atoms with Crippen molar-refractivity contribution >= 4 is 39.7 Å². The normalized spacial score (nSPS) is 10.6. The van der Waals surface area contributed by atoms with E-state index in [0.717, 1.165) is 80.9 Å². The van der Waals surface area contributed by atoms with E-state index in [1.807, 2.05) is 138 Å². The van der Waals surface area contributed by atoms with E-state index < -0.39 is 5.63 Å². The molecule has 1 aromatic carbocycles. The van der Waals surface area contributed by atoms with E-state index >= 15 is 0 Å². The van der Waals surface area contributed by atoms with Gasteiger partial charge in [0.15, 0.2) is 0 Å². The summed E-state index contributed by atoms with van der Waals surface area (Å²) in [5.41, 5.74) is 10.9. The van der Waals surface area contributed by atoms with Gasteiger partial charge in [-0.25, -0.2) is 4.79 Å². The molecule has 3 amide bonds. The van der Waals surface area contributed by atoms with Crippen LogP contribution in [0.4, 0.5) is 0 Å². The van der Waals surface area contributed by atoms with Gasteiger partial charge in [-0.3, -0.25) is 44.3 Å². The minimum absolute atomic E-state index is 0. The van der Waals surface area contributed by atoms with Crippen molar-refractivity contribution in [2.45, 2.75) is 99.1 Å². The molecule has 0 aliphatic heterocycles. The summed E-state index contributed by atoms with van der Waals surface area (Å²) in [6.45, 7) is 10.4. The number of nitrogens with one attached hydrogen (secondary N) is 3. The second-order valence-electron chi connectivity index (χ2n) is 18.0. The predicted molar refractivity (Wildman–Crippen MR) is 292 cm³/mol. The largest absolute Gasteiger partial charge is 0.461 e.